The standard InChI is InChI=1S/C13H12ClN3O4/c1-13(2,3)21-12(20)17-8-5-6(14)4-7(16-15)9(8)10(18)11(17)19/h4-5,9H,1-3H3. The van der Waals surface area contributed by atoms with E-state index < -0.39 is 29.3 Å². The number of rotatable bonds is 0. The van der Waals surface area contributed by atoms with Gasteiger partial charge in [0.05, 0.1) is 5.70 Å². The van der Waals surface area contributed by atoms with Gasteiger partial charge in [0.25, 0.3) is 0 Å². The first-order valence-electron chi connectivity index (χ1n) is 6.07. The van der Waals surface area contributed by atoms with E-state index >= 15 is 0 Å². The molecule has 2 amide bonds. The highest BCUT2D eigenvalue weighted by Gasteiger charge is 2.53. The van der Waals surface area contributed by atoms with Crippen LogP contribution in [0.3, 0.4) is 0 Å². The van der Waals surface area contributed by atoms with Crippen LogP contribution in [-0.4, -0.2) is 38.8 Å². The molecule has 2 aliphatic rings. The van der Waals surface area contributed by atoms with Crippen LogP contribution in [0.4, 0.5) is 4.79 Å². The number of carbonyl (C=O) groups excluding carboxylic acids is 3. The third-order valence-corrected chi connectivity index (χ3v) is 3.01. The van der Waals surface area contributed by atoms with Crippen LogP contribution < -0.4 is 0 Å². The molecule has 8 heteroatoms. The van der Waals surface area contributed by atoms with Crippen molar-refractivity contribution in [3.05, 3.63) is 28.4 Å². The summed E-state index contributed by atoms with van der Waals surface area (Å²) in [5, 5.41) is 0.130. The Bertz CT molecular complexity index is 665. The first kappa shape index (κ1) is 15.2. The number of fused-ring (bicyclic) bond motifs is 1. The summed E-state index contributed by atoms with van der Waals surface area (Å²) in [7, 11) is 0. The van der Waals surface area contributed by atoms with E-state index in [-0.39, 0.29) is 16.4 Å². The quantitative estimate of drug-likeness (QED) is 0.385. The fourth-order valence-corrected chi connectivity index (χ4v) is 2.26. The summed E-state index contributed by atoms with van der Waals surface area (Å²) in [4.78, 5) is 39.7. The molecule has 1 fully saturated rings. The van der Waals surface area contributed by atoms with Crippen molar-refractivity contribution in [3.63, 3.8) is 0 Å². The summed E-state index contributed by atoms with van der Waals surface area (Å²) in [6.07, 6.45) is 1.57. The van der Waals surface area contributed by atoms with E-state index in [1.807, 2.05) is 0 Å². The number of nitrogens with zero attached hydrogens (tertiary/aromatic N) is 3. The number of ether oxygens (including phenoxy) is 1. The predicted molar refractivity (Wildman–Crippen MR) is 72.2 cm³/mol. The van der Waals surface area contributed by atoms with Crippen LogP contribution in [0.2, 0.25) is 0 Å². The lowest BCUT2D eigenvalue weighted by atomic mass is 9.94. The van der Waals surface area contributed by atoms with Gasteiger partial charge in [-0.1, -0.05) is 11.6 Å². The first-order chi connectivity index (χ1) is 9.65. The fraction of sp³-hybridized carbons (Fsp3) is 0.385. The molecule has 0 aromatic carbocycles. The Hall–Kier alpha value is -2.24. The summed E-state index contributed by atoms with van der Waals surface area (Å²) < 4.78 is 5.10. The van der Waals surface area contributed by atoms with E-state index in [0.717, 1.165) is 0 Å². The van der Waals surface area contributed by atoms with Gasteiger partial charge >= 0.3 is 17.7 Å². The molecule has 0 bridgehead atoms. The van der Waals surface area contributed by atoms with E-state index in [0.29, 0.717) is 4.90 Å². The fourth-order valence-electron chi connectivity index (χ4n) is 2.04. The molecule has 2 rings (SSSR count). The van der Waals surface area contributed by atoms with Crippen LogP contribution in [0.25, 0.3) is 5.53 Å². The number of hydrogen-bond acceptors (Lipinski definition) is 4. The minimum atomic E-state index is -1.14. The second-order valence-electron chi connectivity index (χ2n) is 5.54. The number of likely N-dealkylation sites (tertiary alicyclic amines) is 1. The van der Waals surface area contributed by atoms with Crippen LogP contribution in [0, 0.1) is 5.92 Å². The van der Waals surface area contributed by atoms with Gasteiger partial charge in [-0.25, -0.2) is 9.69 Å². The Morgan fingerprint density at radius 2 is 2.00 bits per heavy atom. The largest absolute Gasteiger partial charge is 0.443 e. The van der Waals surface area contributed by atoms with E-state index in [1.54, 1.807) is 20.8 Å². The average Bonchev–Trinajstić information content (AvgIpc) is 2.58. The Morgan fingerprint density at radius 3 is 2.52 bits per heavy atom. The zero-order valence-corrected chi connectivity index (χ0v) is 12.3. The highest BCUT2D eigenvalue weighted by molar-refractivity contribution is 6.48. The van der Waals surface area contributed by atoms with Gasteiger partial charge in [0.1, 0.15) is 5.60 Å². The van der Waals surface area contributed by atoms with Crippen molar-refractivity contribution in [2.45, 2.75) is 26.4 Å². The van der Waals surface area contributed by atoms with E-state index in [1.165, 1.54) is 12.2 Å². The summed E-state index contributed by atoms with van der Waals surface area (Å²) in [6.45, 7) is 4.90. The maximum Gasteiger partial charge on any atom is 0.421 e. The molecular weight excluding hydrogens is 298 g/mol. The monoisotopic (exact) mass is 309 g/mol. The van der Waals surface area contributed by atoms with Crippen LogP contribution in [-0.2, 0) is 14.3 Å². The molecule has 0 saturated carbocycles. The van der Waals surface area contributed by atoms with Crippen molar-refractivity contribution in [3.8, 4) is 0 Å². The molecule has 0 aromatic heterocycles. The molecule has 1 unspecified atom stereocenters. The maximum atomic E-state index is 12.1. The molecule has 0 spiro atoms. The zero-order valence-electron chi connectivity index (χ0n) is 11.6. The van der Waals surface area contributed by atoms with Gasteiger partial charge in [-0.15, -0.1) is 0 Å². The number of amides is 2. The number of carbonyl (C=O) groups is 3. The molecular formula is C13H12ClN3O4. The smallest absolute Gasteiger partial charge is 0.421 e. The zero-order chi connectivity index (χ0) is 15.9. The highest BCUT2D eigenvalue weighted by Crippen LogP contribution is 2.34. The summed E-state index contributed by atoms with van der Waals surface area (Å²) >= 11 is 5.85. The predicted octanol–water partition coefficient (Wildman–Crippen LogP) is 1.64. The Morgan fingerprint density at radius 1 is 1.38 bits per heavy atom. The molecule has 1 aliphatic carbocycles. The molecule has 1 heterocycles. The van der Waals surface area contributed by atoms with Gasteiger partial charge in [0.15, 0.2) is 5.92 Å². The van der Waals surface area contributed by atoms with Crippen molar-refractivity contribution in [2.24, 2.45) is 5.92 Å². The van der Waals surface area contributed by atoms with Gasteiger partial charge in [0, 0.05) is 11.1 Å². The SMILES string of the molecule is CC(C)(C)OC(=O)N1C(=O)C(=O)C2C1=CC(Cl)=CC2=[N+]=[N-]. The van der Waals surface area contributed by atoms with Gasteiger partial charge in [-0.2, -0.15) is 4.79 Å². The minimum absolute atomic E-state index is 0.0274. The summed E-state index contributed by atoms with van der Waals surface area (Å²) in [5.41, 5.74) is 8.03. The Balaban J connectivity index is 2.47. The van der Waals surface area contributed by atoms with E-state index in [4.69, 9.17) is 21.9 Å². The number of halogens is 1. The Kier molecular flexibility index (Phi) is 3.57. The van der Waals surface area contributed by atoms with E-state index in [2.05, 4.69) is 4.79 Å². The van der Waals surface area contributed by atoms with Crippen molar-refractivity contribution in [1.29, 1.82) is 0 Å². The molecule has 21 heavy (non-hydrogen) atoms. The number of ketones is 1. The van der Waals surface area contributed by atoms with Crippen LogP contribution in [0.5, 0.6) is 0 Å². The molecule has 1 atom stereocenters. The Labute approximate surface area is 125 Å². The molecule has 1 saturated heterocycles. The van der Waals surface area contributed by atoms with Crippen molar-refractivity contribution in [1.82, 2.24) is 4.90 Å². The summed E-state index contributed by atoms with van der Waals surface area (Å²) in [5.74, 6) is -3.06. The third-order valence-electron chi connectivity index (χ3n) is 2.79. The van der Waals surface area contributed by atoms with Gasteiger partial charge in [-0.05, 0) is 26.8 Å². The second kappa shape index (κ2) is 4.95. The molecule has 7 nitrogen and oxygen atoms in total. The topological polar surface area (TPSA) is 100 Å². The van der Waals surface area contributed by atoms with Crippen LogP contribution >= 0.6 is 11.6 Å². The molecule has 0 radical (unpaired) electrons. The normalized spacial score (nSPS) is 21.6. The van der Waals surface area contributed by atoms with Gasteiger partial charge in [-0.3, -0.25) is 9.59 Å². The number of allylic oxidation sites excluding steroid dienone is 4. The molecule has 0 aromatic rings. The van der Waals surface area contributed by atoms with Crippen LogP contribution in [0.1, 0.15) is 20.8 Å². The maximum absolute atomic E-state index is 12.1. The van der Waals surface area contributed by atoms with E-state index in [9.17, 15) is 14.4 Å². The van der Waals surface area contributed by atoms with Crippen LogP contribution in [0.15, 0.2) is 22.9 Å². The molecule has 110 valence electrons. The number of hydrogen-bond donors (Lipinski definition) is 0. The second-order valence-corrected chi connectivity index (χ2v) is 5.98. The lowest BCUT2D eigenvalue weighted by Crippen LogP contribution is -2.38. The third kappa shape index (κ3) is 2.66. The highest BCUT2D eigenvalue weighted by atomic mass is 35.5. The minimum Gasteiger partial charge on any atom is -0.443 e. The summed E-state index contributed by atoms with van der Waals surface area (Å²) in [6, 6.07) is 0. The van der Waals surface area contributed by atoms with Crippen molar-refractivity contribution >= 4 is 35.1 Å². The molecule has 0 N–H and O–H groups in total. The number of Topliss-reactive ketones (excluding diaryl/α,β-unsaturated/α-hetero) is 1. The van der Waals surface area contributed by atoms with Gasteiger partial charge < -0.3 is 10.3 Å². The average molecular weight is 310 g/mol. The first-order valence-corrected chi connectivity index (χ1v) is 6.45. The van der Waals surface area contributed by atoms with Crippen molar-refractivity contribution < 1.29 is 23.9 Å². The lowest BCUT2D eigenvalue weighted by Gasteiger charge is -2.24. The molecule has 1 aliphatic heterocycles. The van der Waals surface area contributed by atoms with Crippen molar-refractivity contribution in [2.75, 3.05) is 0 Å². The van der Waals surface area contributed by atoms with Gasteiger partial charge in [0.2, 0.25) is 5.78 Å². The number of imide groups is 1. The lowest BCUT2D eigenvalue weighted by molar-refractivity contribution is -0.140.